The summed E-state index contributed by atoms with van der Waals surface area (Å²) in [5, 5.41) is 2.76. The van der Waals surface area contributed by atoms with Gasteiger partial charge in [-0.3, -0.25) is 14.2 Å². The van der Waals surface area contributed by atoms with Crippen molar-refractivity contribution in [3.8, 4) is 0 Å². The molecule has 2 heterocycles. The molecule has 5 rings (SSSR count). The second-order valence-electron chi connectivity index (χ2n) is 7.38. The van der Waals surface area contributed by atoms with Crippen LogP contribution in [0.3, 0.4) is 0 Å². The van der Waals surface area contributed by atoms with Crippen LogP contribution < -0.4 is 16.0 Å². The number of hydrogen-bond acceptors (Lipinski definition) is 4. The number of anilines is 2. The van der Waals surface area contributed by atoms with Crippen molar-refractivity contribution >= 4 is 34.3 Å². The van der Waals surface area contributed by atoms with E-state index in [2.05, 4.69) is 5.32 Å². The zero-order valence-electron chi connectivity index (χ0n) is 16.6. The molecule has 0 fully saturated rings. The molecule has 0 spiro atoms. The van der Waals surface area contributed by atoms with E-state index >= 15 is 0 Å². The smallest absolute Gasteiger partial charge is 0.408 e. The topological polar surface area (TPSA) is 84.5 Å². The molecule has 2 amide bonds. The summed E-state index contributed by atoms with van der Waals surface area (Å²) in [6, 6.07) is 21.6. The van der Waals surface area contributed by atoms with Gasteiger partial charge in [-0.2, -0.15) is 0 Å². The van der Waals surface area contributed by atoms with E-state index in [1.807, 2.05) is 24.3 Å². The van der Waals surface area contributed by atoms with Gasteiger partial charge in [0.2, 0.25) is 5.91 Å². The second kappa shape index (κ2) is 7.60. The van der Waals surface area contributed by atoms with Crippen LogP contribution in [0, 0.1) is 0 Å². The third-order valence-electron chi connectivity index (χ3n) is 5.42. The maximum atomic E-state index is 12.9. The number of nitrogens with zero attached hydrogens (tertiary/aromatic N) is 2. The molecule has 7 nitrogen and oxygen atoms in total. The molecule has 3 aromatic carbocycles. The number of para-hydroxylation sites is 3. The molecule has 0 unspecified atom stereocenters. The number of fused-ring (bicyclic) bond motifs is 2. The number of hydrogen-bond donors (Lipinski definition) is 1. The second-order valence-corrected chi connectivity index (χ2v) is 7.38. The van der Waals surface area contributed by atoms with Crippen molar-refractivity contribution in [1.29, 1.82) is 0 Å². The Bertz CT molecular complexity index is 1350. The molecule has 1 aromatic heterocycles. The Morgan fingerprint density at radius 2 is 1.68 bits per heavy atom. The number of amides is 2. The van der Waals surface area contributed by atoms with Gasteiger partial charge in [-0.1, -0.05) is 30.3 Å². The van der Waals surface area contributed by atoms with Crippen molar-refractivity contribution < 1.29 is 14.0 Å². The van der Waals surface area contributed by atoms with Gasteiger partial charge in [-0.25, -0.2) is 4.79 Å². The van der Waals surface area contributed by atoms with E-state index in [1.165, 1.54) is 10.1 Å². The molecule has 1 N–H and O–H groups in total. The van der Waals surface area contributed by atoms with Gasteiger partial charge in [-0.15, -0.1) is 0 Å². The number of rotatable bonds is 4. The third-order valence-corrected chi connectivity index (χ3v) is 5.42. The molecule has 0 radical (unpaired) electrons. The van der Waals surface area contributed by atoms with E-state index in [9.17, 15) is 14.4 Å². The third kappa shape index (κ3) is 3.50. The summed E-state index contributed by atoms with van der Waals surface area (Å²) >= 11 is 0. The van der Waals surface area contributed by atoms with Crippen molar-refractivity contribution in [3.63, 3.8) is 0 Å². The summed E-state index contributed by atoms with van der Waals surface area (Å²) in [5.74, 6) is -1.01. The lowest BCUT2D eigenvalue weighted by molar-refractivity contribution is -0.116. The van der Waals surface area contributed by atoms with Crippen LogP contribution in [0.5, 0.6) is 0 Å². The molecule has 0 saturated carbocycles. The van der Waals surface area contributed by atoms with Gasteiger partial charge in [0.25, 0.3) is 5.91 Å². The van der Waals surface area contributed by atoms with E-state index in [4.69, 9.17) is 4.42 Å². The van der Waals surface area contributed by atoms with Gasteiger partial charge in [0.05, 0.1) is 5.52 Å². The summed E-state index contributed by atoms with van der Waals surface area (Å²) in [5.41, 5.74) is 4.21. The highest BCUT2D eigenvalue weighted by Gasteiger charge is 2.25. The Labute approximate surface area is 177 Å². The lowest BCUT2D eigenvalue weighted by Gasteiger charge is -2.17. The standard InChI is InChI=1S/C24H19N3O4/c28-22(15-27-20-7-3-4-8-21(20)31-24(27)30)25-18-11-9-17(10-12-18)23(29)26-14-13-16-5-1-2-6-19(16)26/h1-12H,13-15H2,(H,25,28). The molecule has 31 heavy (non-hydrogen) atoms. The van der Waals surface area contributed by atoms with E-state index in [1.54, 1.807) is 53.4 Å². The highest BCUT2D eigenvalue weighted by atomic mass is 16.4. The van der Waals surface area contributed by atoms with Gasteiger partial charge in [0, 0.05) is 23.5 Å². The van der Waals surface area contributed by atoms with Crippen LogP contribution in [-0.2, 0) is 17.8 Å². The van der Waals surface area contributed by atoms with Crippen LogP contribution in [-0.4, -0.2) is 22.9 Å². The van der Waals surface area contributed by atoms with Crippen molar-refractivity contribution in [2.75, 3.05) is 16.8 Å². The van der Waals surface area contributed by atoms with Crippen LogP contribution >= 0.6 is 0 Å². The first-order chi connectivity index (χ1) is 15.1. The van der Waals surface area contributed by atoms with Crippen LogP contribution in [0.2, 0.25) is 0 Å². The van der Waals surface area contributed by atoms with Crippen LogP contribution in [0.25, 0.3) is 11.1 Å². The molecule has 1 aliphatic rings. The van der Waals surface area contributed by atoms with Gasteiger partial charge in [0.15, 0.2) is 5.58 Å². The molecule has 154 valence electrons. The summed E-state index contributed by atoms with van der Waals surface area (Å²) < 4.78 is 6.44. The number of benzene rings is 3. The summed E-state index contributed by atoms with van der Waals surface area (Å²) in [4.78, 5) is 39.2. The fraction of sp³-hybridized carbons (Fsp3) is 0.125. The number of carbonyl (C=O) groups is 2. The lowest BCUT2D eigenvalue weighted by atomic mass is 10.1. The van der Waals surface area contributed by atoms with Crippen molar-refractivity contribution in [1.82, 2.24) is 4.57 Å². The molecule has 7 heteroatoms. The van der Waals surface area contributed by atoms with E-state index in [-0.39, 0.29) is 18.4 Å². The SMILES string of the molecule is O=C(Cn1c(=O)oc2ccccc21)Nc1ccc(C(=O)N2CCc3ccccc32)cc1. The maximum Gasteiger partial charge on any atom is 0.420 e. The van der Waals surface area contributed by atoms with E-state index in [0.29, 0.717) is 28.9 Å². The Hall–Kier alpha value is -4.13. The Morgan fingerprint density at radius 1 is 0.935 bits per heavy atom. The quantitative estimate of drug-likeness (QED) is 0.556. The van der Waals surface area contributed by atoms with Crippen LogP contribution in [0.15, 0.2) is 82.0 Å². The predicted molar refractivity (Wildman–Crippen MR) is 117 cm³/mol. The van der Waals surface area contributed by atoms with E-state index < -0.39 is 5.76 Å². The maximum absolute atomic E-state index is 12.9. The fourth-order valence-electron chi connectivity index (χ4n) is 3.91. The first kappa shape index (κ1) is 18.9. The Balaban J connectivity index is 1.28. The van der Waals surface area contributed by atoms with Gasteiger partial charge < -0.3 is 14.6 Å². The van der Waals surface area contributed by atoms with Crippen molar-refractivity contribution in [2.45, 2.75) is 13.0 Å². The van der Waals surface area contributed by atoms with Gasteiger partial charge >= 0.3 is 5.76 Å². The molecule has 0 bridgehead atoms. The van der Waals surface area contributed by atoms with Crippen LogP contribution in [0.1, 0.15) is 15.9 Å². The summed E-state index contributed by atoms with van der Waals surface area (Å²) in [6.45, 7) is 0.491. The minimum atomic E-state index is -0.580. The Morgan fingerprint density at radius 3 is 2.52 bits per heavy atom. The first-order valence-electron chi connectivity index (χ1n) is 9.98. The lowest BCUT2D eigenvalue weighted by Crippen LogP contribution is -2.28. The monoisotopic (exact) mass is 413 g/mol. The normalized spacial score (nSPS) is 12.7. The molecule has 0 saturated heterocycles. The number of oxazole rings is 1. The largest absolute Gasteiger partial charge is 0.420 e. The highest BCUT2D eigenvalue weighted by molar-refractivity contribution is 6.07. The molecular formula is C24H19N3O4. The highest BCUT2D eigenvalue weighted by Crippen LogP contribution is 2.29. The molecule has 4 aromatic rings. The summed E-state index contributed by atoms with van der Waals surface area (Å²) in [7, 11) is 0. The molecular weight excluding hydrogens is 394 g/mol. The van der Waals surface area contributed by atoms with Gasteiger partial charge in [-0.05, 0) is 54.4 Å². The molecule has 0 aliphatic carbocycles. The van der Waals surface area contributed by atoms with Gasteiger partial charge in [0.1, 0.15) is 6.54 Å². The predicted octanol–water partition coefficient (Wildman–Crippen LogP) is 3.44. The fourth-order valence-corrected chi connectivity index (χ4v) is 3.91. The number of carbonyl (C=O) groups excluding carboxylic acids is 2. The zero-order chi connectivity index (χ0) is 21.4. The van der Waals surface area contributed by atoms with Crippen molar-refractivity contribution in [2.24, 2.45) is 0 Å². The molecule has 0 atom stereocenters. The van der Waals surface area contributed by atoms with Crippen molar-refractivity contribution in [3.05, 3.63) is 94.5 Å². The number of aromatic nitrogens is 1. The zero-order valence-corrected chi connectivity index (χ0v) is 16.6. The summed E-state index contributed by atoms with van der Waals surface area (Å²) in [6.07, 6.45) is 0.845. The molecule has 1 aliphatic heterocycles. The number of nitrogens with one attached hydrogen (secondary N) is 1. The van der Waals surface area contributed by atoms with E-state index in [0.717, 1.165) is 12.1 Å². The first-order valence-corrected chi connectivity index (χ1v) is 9.98. The average molecular weight is 413 g/mol. The minimum Gasteiger partial charge on any atom is -0.408 e. The Kier molecular flexibility index (Phi) is 4.63. The average Bonchev–Trinajstić information content (AvgIpc) is 3.35. The minimum absolute atomic E-state index is 0.0701. The van der Waals surface area contributed by atoms with Crippen LogP contribution in [0.4, 0.5) is 11.4 Å².